The summed E-state index contributed by atoms with van der Waals surface area (Å²) < 4.78 is 0. The SMILES string of the molecule is C[C@@H](Sc1ccc(Cl)cc1)C(=O)N[C@@H]1C[C@H]2CC[C@@H]1C2. The fraction of sp³-hybridized carbons (Fsp3) is 0.562. The molecule has 1 aromatic rings. The zero-order chi connectivity index (χ0) is 14.1. The smallest absolute Gasteiger partial charge is 0.233 e. The first-order valence-corrected chi connectivity index (χ1v) is 8.60. The van der Waals surface area contributed by atoms with Gasteiger partial charge in [-0.2, -0.15) is 0 Å². The van der Waals surface area contributed by atoms with E-state index in [4.69, 9.17) is 11.6 Å². The Morgan fingerprint density at radius 3 is 2.65 bits per heavy atom. The van der Waals surface area contributed by atoms with Crippen molar-refractivity contribution in [2.24, 2.45) is 11.8 Å². The molecule has 0 spiro atoms. The molecule has 2 fully saturated rings. The Hall–Kier alpha value is -0.670. The van der Waals surface area contributed by atoms with Crippen molar-refractivity contribution in [3.63, 3.8) is 0 Å². The van der Waals surface area contributed by atoms with Crippen LogP contribution < -0.4 is 5.32 Å². The number of thioether (sulfide) groups is 1. The molecule has 2 nitrogen and oxygen atoms in total. The Morgan fingerprint density at radius 2 is 2.05 bits per heavy atom. The van der Waals surface area contributed by atoms with Crippen LogP contribution in [0.5, 0.6) is 0 Å². The van der Waals surface area contributed by atoms with Gasteiger partial charge in [-0.3, -0.25) is 4.79 Å². The quantitative estimate of drug-likeness (QED) is 0.847. The molecular weight excluding hydrogens is 290 g/mol. The van der Waals surface area contributed by atoms with Crippen LogP contribution in [0, 0.1) is 11.8 Å². The molecule has 0 aromatic heterocycles. The molecule has 4 atom stereocenters. The lowest BCUT2D eigenvalue weighted by Gasteiger charge is -2.24. The average Bonchev–Trinajstić information content (AvgIpc) is 3.03. The lowest BCUT2D eigenvalue weighted by atomic mass is 9.95. The summed E-state index contributed by atoms with van der Waals surface area (Å²) in [6.45, 7) is 1.97. The minimum atomic E-state index is -0.0599. The van der Waals surface area contributed by atoms with Crippen LogP contribution in [0.2, 0.25) is 5.02 Å². The molecule has 2 aliphatic carbocycles. The summed E-state index contributed by atoms with van der Waals surface area (Å²) in [7, 11) is 0. The van der Waals surface area contributed by atoms with Crippen molar-refractivity contribution in [1.82, 2.24) is 5.32 Å². The molecular formula is C16H20ClNOS. The molecule has 20 heavy (non-hydrogen) atoms. The third-order valence-corrected chi connectivity index (χ3v) is 5.93. The fourth-order valence-corrected chi connectivity index (χ4v) is 4.49. The summed E-state index contributed by atoms with van der Waals surface area (Å²) in [5, 5.41) is 3.93. The predicted molar refractivity (Wildman–Crippen MR) is 84.1 cm³/mol. The lowest BCUT2D eigenvalue weighted by Crippen LogP contribution is -2.42. The molecule has 2 aliphatic rings. The van der Waals surface area contributed by atoms with Crippen molar-refractivity contribution in [2.75, 3.05) is 0 Å². The first-order valence-electron chi connectivity index (χ1n) is 7.34. The van der Waals surface area contributed by atoms with E-state index >= 15 is 0 Å². The maximum atomic E-state index is 12.3. The van der Waals surface area contributed by atoms with Crippen molar-refractivity contribution >= 4 is 29.3 Å². The molecule has 1 amide bonds. The number of benzene rings is 1. The average molecular weight is 310 g/mol. The Morgan fingerprint density at radius 1 is 1.30 bits per heavy atom. The number of halogens is 1. The highest BCUT2D eigenvalue weighted by atomic mass is 35.5. The van der Waals surface area contributed by atoms with Crippen LogP contribution in [-0.2, 0) is 4.79 Å². The maximum absolute atomic E-state index is 12.3. The van der Waals surface area contributed by atoms with Crippen LogP contribution in [0.15, 0.2) is 29.2 Å². The van der Waals surface area contributed by atoms with E-state index in [9.17, 15) is 4.79 Å². The number of hydrogen-bond acceptors (Lipinski definition) is 2. The molecule has 108 valence electrons. The van der Waals surface area contributed by atoms with Gasteiger partial charge in [0.05, 0.1) is 5.25 Å². The Kier molecular flexibility index (Phi) is 4.27. The minimum absolute atomic E-state index is 0.0599. The second-order valence-electron chi connectivity index (χ2n) is 6.00. The van der Waals surface area contributed by atoms with Crippen molar-refractivity contribution in [1.29, 1.82) is 0 Å². The van der Waals surface area contributed by atoms with Gasteiger partial charge in [-0.25, -0.2) is 0 Å². The van der Waals surface area contributed by atoms with Crippen LogP contribution in [0.25, 0.3) is 0 Å². The second kappa shape index (κ2) is 5.98. The first kappa shape index (κ1) is 14.3. The summed E-state index contributed by atoms with van der Waals surface area (Å²) in [5.74, 6) is 1.77. The normalized spacial score (nSPS) is 29.4. The van der Waals surface area contributed by atoms with Gasteiger partial charge >= 0.3 is 0 Å². The monoisotopic (exact) mass is 309 g/mol. The van der Waals surface area contributed by atoms with Gasteiger partial charge in [0.15, 0.2) is 0 Å². The largest absolute Gasteiger partial charge is 0.352 e. The molecule has 0 radical (unpaired) electrons. The Labute approximate surface area is 129 Å². The Bertz CT molecular complexity index is 490. The van der Waals surface area contributed by atoms with Crippen LogP contribution in [-0.4, -0.2) is 17.2 Å². The van der Waals surface area contributed by atoms with Gasteiger partial charge in [-0.15, -0.1) is 11.8 Å². The van der Waals surface area contributed by atoms with Crippen LogP contribution in [0.1, 0.15) is 32.6 Å². The van der Waals surface area contributed by atoms with E-state index in [1.807, 2.05) is 31.2 Å². The van der Waals surface area contributed by atoms with Gasteiger partial charge in [0.1, 0.15) is 0 Å². The summed E-state index contributed by atoms with van der Waals surface area (Å²) in [6.07, 6.45) is 5.18. The van der Waals surface area contributed by atoms with Crippen LogP contribution >= 0.6 is 23.4 Å². The van der Waals surface area contributed by atoms with Gasteiger partial charge in [-0.1, -0.05) is 18.0 Å². The summed E-state index contributed by atoms with van der Waals surface area (Å²) in [4.78, 5) is 13.4. The molecule has 4 heteroatoms. The molecule has 0 heterocycles. The van der Waals surface area contributed by atoms with Gasteiger partial charge < -0.3 is 5.32 Å². The minimum Gasteiger partial charge on any atom is -0.352 e. The molecule has 3 rings (SSSR count). The van der Waals surface area contributed by atoms with Gasteiger partial charge in [0, 0.05) is 16.0 Å². The number of amides is 1. The Balaban J connectivity index is 1.53. The van der Waals surface area contributed by atoms with Gasteiger partial charge in [-0.05, 0) is 62.3 Å². The van der Waals surface area contributed by atoms with E-state index < -0.39 is 0 Å². The van der Waals surface area contributed by atoms with E-state index in [1.165, 1.54) is 25.7 Å². The molecule has 0 aliphatic heterocycles. The molecule has 1 aromatic carbocycles. The third kappa shape index (κ3) is 3.15. The highest BCUT2D eigenvalue weighted by Crippen LogP contribution is 2.44. The standard InChI is InChI=1S/C16H20ClNOS/c1-10(20-14-6-4-13(17)5-7-14)16(19)18-15-9-11-2-3-12(15)8-11/h4-7,10-12,15H,2-3,8-9H2,1H3,(H,18,19)/t10-,11+,12-,15-/m1/s1. The highest BCUT2D eigenvalue weighted by molar-refractivity contribution is 8.00. The van der Waals surface area contributed by atoms with Crippen LogP contribution in [0.3, 0.4) is 0 Å². The van der Waals surface area contributed by atoms with E-state index in [2.05, 4.69) is 5.32 Å². The van der Waals surface area contributed by atoms with E-state index in [-0.39, 0.29) is 11.2 Å². The molecule has 0 unspecified atom stereocenters. The van der Waals surface area contributed by atoms with Crippen molar-refractivity contribution < 1.29 is 4.79 Å². The zero-order valence-corrected chi connectivity index (χ0v) is 13.2. The number of carbonyl (C=O) groups excluding carboxylic acids is 1. The topological polar surface area (TPSA) is 29.1 Å². The van der Waals surface area contributed by atoms with Crippen molar-refractivity contribution in [2.45, 2.75) is 48.8 Å². The first-order chi connectivity index (χ1) is 9.61. The summed E-state index contributed by atoms with van der Waals surface area (Å²) in [6, 6.07) is 8.09. The van der Waals surface area contributed by atoms with Crippen molar-refractivity contribution in [3.8, 4) is 0 Å². The third-order valence-electron chi connectivity index (χ3n) is 4.56. The molecule has 2 saturated carbocycles. The van der Waals surface area contributed by atoms with Gasteiger partial charge in [0.25, 0.3) is 0 Å². The van der Waals surface area contributed by atoms with E-state index in [1.54, 1.807) is 11.8 Å². The van der Waals surface area contributed by atoms with Crippen LogP contribution in [0.4, 0.5) is 0 Å². The molecule has 2 bridgehead atoms. The summed E-state index contributed by atoms with van der Waals surface area (Å²) in [5.41, 5.74) is 0. The number of nitrogens with one attached hydrogen (secondary N) is 1. The lowest BCUT2D eigenvalue weighted by molar-refractivity contribution is -0.121. The highest BCUT2D eigenvalue weighted by Gasteiger charge is 2.40. The fourth-order valence-electron chi connectivity index (χ4n) is 3.49. The van der Waals surface area contributed by atoms with E-state index in [0.29, 0.717) is 6.04 Å². The number of hydrogen-bond donors (Lipinski definition) is 1. The number of rotatable bonds is 4. The second-order valence-corrected chi connectivity index (χ2v) is 7.85. The maximum Gasteiger partial charge on any atom is 0.233 e. The molecule has 0 saturated heterocycles. The van der Waals surface area contributed by atoms with Gasteiger partial charge in [0.2, 0.25) is 5.91 Å². The van der Waals surface area contributed by atoms with Crippen molar-refractivity contribution in [3.05, 3.63) is 29.3 Å². The number of carbonyl (C=O) groups is 1. The van der Waals surface area contributed by atoms with E-state index in [0.717, 1.165) is 21.8 Å². The predicted octanol–water partition coefficient (Wildman–Crippen LogP) is 4.13. The molecule has 1 N–H and O–H groups in total. The zero-order valence-electron chi connectivity index (χ0n) is 11.6. The summed E-state index contributed by atoms with van der Waals surface area (Å²) >= 11 is 7.46. The number of fused-ring (bicyclic) bond motifs is 2.